The Bertz CT molecular complexity index is 739. The summed E-state index contributed by atoms with van der Waals surface area (Å²) in [7, 11) is 0. The molecule has 2 aromatic rings. The number of nitrogens with zero attached hydrogens (tertiary/aromatic N) is 3. The topological polar surface area (TPSA) is 76.8 Å². The van der Waals surface area contributed by atoms with Gasteiger partial charge in [0.1, 0.15) is 0 Å². The van der Waals surface area contributed by atoms with Crippen LogP contribution >= 0.6 is 0 Å². The van der Waals surface area contributed by atoms with Crippen molar-refractivity contribution in [2.24, 2.45) is 0 Å². The smallest absolute Gasteiger partial charge is 0.264 e. The molecule has 0 bridgehead atoms. The van der Waals surface area contributed by atoms with Crippen molar-refractivity contribution in [2.45, 2.75) is 6.17 Å². The minimum absolute atomic E-state index is 0.158. The van der Waals surface area contributed by atoms with E-state index in [0.717, 1.165) is 0 Å². The van der Waals surface area contributed by atoms with E-state index in [1.165, 1.54) is 9.58 Å². The summed E-state index contributed by atoms with van der Waals surface area (Å²) in [5.74, 6) is 0.571. The zero-order valence-electron chi connectivity index (χ0n) is 10.8. The van der Waals surface area contributed by atoms with Crippen molar-refractivity contribution in [3.8, 4) is 11.5 Å². The molecular weight excluding hydrogens is 274 g/mol. The Morgan fingerprint density at radius 2 is 2.19 bits per heavy atom. The molecule has 0 spiro atoms. The lowest BCUT2D eigenvalue weighted by Gasteiger charge is -2.25. The average molecular weight is 284 g/mol. The van der Waals surface area contributed by atoms with E-state index in [1.807, 2.05) is 0 Å². The molecule has 0 saturated heterocycles. The highest BCUT2D eigenvalue weighted by Crippen LogP contribution is 2.39. The van der Waals surface area contributed by atoms with Gasteiger partial charge in [0.05, 0.1) is 11.8 Å². The Morgan fingerprint density at radius 1 is 1.33 bits per heavy atom. The lowest BCUT2D eigenvalue weighted by molar-refractivity contribution is -0.114. The molecule has 1 amide bonds. The first kappa shape index (κ1) is 11.8. The first-order valence-corrected chi connectivity index (χ1v) is 6.29. The fourth-order valence-electron chi connectivity index (χ4n) is 2.43. The summed E-state index contributed by atoms with van der Waals surface area (Å²) in [5.41, 5.74) is 0.571. The number of carbonyl (C=O) groups excluding carboxylic acids is 1. The third-order valence-corrected chi connectivity index (χ3v) is 3.35. The standard InChI is InChI=1S/C14H10N3O4/c18-10-7-13(19)17(14(10)16-5-1-4-15-16)9-2-3-11-12(6-9)21-8-20-11/h1-6,14,18H,8H2. The van der Waals surface area contributed by atoms with E-state index in [4.69, 9.17) is 9.47 Å². The molecule has 4 rings (SSSR count). The van der Waals surface area contributed by atoms with Crippen LogP contribution in [0.4, 0.5) is 5.69 Å². The van der Waals surface area contributed by atoms with Gasteiger partial charge in [-0.2, -0.15) is 5.10 Å². The normalized spacial score (nSPS) is 20.0. The number of anilines is 1. The number of carbonyl (C=O) groups is 1. The number of benzene rings is 1. The van der Waals surface area contributed by atoms with Crippen molar-refractivity contribution in [3.63, 3.8) is 0 Å². The summed E-state index contributed by atoms with van der Waals surface area (Å²) < 4.78 is 12.0. The van der Waals surface area contributed by atoms with Crippen LogP contribution < -0.4 is 14.4 Å². The van der Waals surface area contributed by atoms with Gasteiger partial charge in [-0.1, -0.05) is 0 Å². The van der Waals surface area contributed by atoms with Gasteiger partial charge >= 0.3 is 0 Å². The molecular formula is C14H10N3O4. The van der Waals surface area contributed by atoms with E-state index in [-0.39, 0.29) is 12.6 Å². The van der Waals surface area contributed by atoms with Crippen LogP contribution in [0, 0.1) is 6.08 Å². The maximum absolute atomic E-state index is 12.1. The molecule has 1 radical (unpaired) electrons. The van der Waals surface area contributed by atoms with Gasteiger partial charge in [-0.15, -0.1) is 0 Å². The number of fused-ring (bicyclic) bond motifs is 1. The van der Waals surface area contributed by atoms with E-state index in [0.29, 0.717) is 17.2 Å². The first-order valence-electron chi connectivity index (χ1n) is 6.29. The van der Waals surface area contributed by atoms with E-state index in [2.05, 4.69) is 11.2 Å². The fraction of sp³-hybridized carbons (Fsp3) is 0.143. The summed E-state index contributed by atoms with van der Waals surface area (Å²) in [6.07, 6.45) is 4.90. The second kappa shape index (κ2) is 4.27. The maximum atomic E-state index is 12.1. The zero-order chi connectivity index (χ0) is 14.4. The molecule has 1 unspecified atom stereocenters. The van der Waals surface area contributed by atoms with E-state index in [9.17, 15) is 9.90 Å². The van der Waals surface area contributed by atoms with Crippen LogP contribution in [0.3, 0.4) is 0 Å². The third kappa shape index (κ3) is 1.74. The molecule has 0 fully saturated rings. The summed E-state index contributed by atoms with van der Waals surface area (Å²) in [4.78, 5) is 13.5. The molecule has 105 valence electrons. The lowest BCUT2D eigenvalue weighted by atomic mass is 10.2. The third-order valence-electron chi connectivity index (χ3n) is 3.35. The van der Waals surface area contributed by atoms with Crippen molar-refractivity contribution in [1.82, 2.24) is 9.78 Å². The number of ether oxygens (including phenoxy) is 2. The molecule has 3 heterocycles. The minimum Gasteiger partial charge on any atom is -0.507 e. The van der Waals surface area contributed by atoms with Crippen LogP contribution in [0.1, 0.15) is 6.17 Å². The molecule has 7 heteroatoms. The van der Waals surface area contributed by atoms with Gasteiger partial charge < -0.3 is 14.6 Å². The largest absolute Gasteiger partial charge is 0.507 e. The molecule has 1 aromatic heterocycles. The van der Waals surface area contributed by atoms with E-state index < -0.39 is 12.1 Å². The Kier molecular flexibility index (Phi) is 2.41. The van der Waals surface area contributed by atoms with Gasteiger partial charge in [0.2, 0.25) is 6.79 Å². The molecule has 1 atom stereocenters. The molecule has 2 aliphatic rings. The van der Waals surface area contributed by atoms with Crippen LogP contribution in [0.25, 0.3) is 0 Å². The highest BCUT2D eigenvalue weighted by Gasteiger charge is 2.37. The predicted octanol–water partition coefficient (Wildman–Crippen LogP) is 1.40. The molecule has 0 aliphatic carbocycles. The maximum Gasteiger partial charge on any atom is 0.264 e. The van der Waals surface area contributed by atoms with Gasteiger partial charge in [-0.3, -0.25) is 9.69 Å². The summed E-state index contributed by atoms with van der Waals surface area (Å²) in [6.45, 7) is 0.158. The average Bonchev–Trinajstić information content (AvgIpc) is 3.17. The summed E-state index contributed by atoms with van der Waals surface area (Å²) >= 11 is 0. The van der Waals surface area contributed by atoms with Crippen LogP contribution in [0.2, 0.25) is 0 Å². The van der Waals surface area contributed by atoms with Crippen LogP contribution in [0.5, 0.6) is 11.5 Å². The van der Waals surface area contributed by atoms with Crippen molar-refractivity contribution in [2.75, 3.05) is 11.7 Å². The number of hydrogen-bond donors (Lipinski definition) is 1. The quantitative estimate of drug-likeness (QED) is 0.902. The number of amides is 1. The Balaban J connectivity index is 1.77. The van der Waals surface area contributed by atoms with Crippen molar-refractivity contribution < 1.29 is 19.4 Å². The number of aliphatic hydroxyl groups excluding tert-OH is 1. The van der Waals surface area contributed by atoms with E-state index in [1.54, 1.807) is 36.7 Å². The van der Waals surface area contributed by atoms with Crippen LogP contribution in [-0.2, 0) is 4.79 Å². The summed E-state index contributed by atoms with van der Waals surface area (Å²) in [6, 6.07) is 6.85. The Labute approximate surface area is 119 Å². The van der Waals surface area contributed by atoms with Crippen molar-refractivity contribution in [3.05, 3.63) is 48.5 Å². The predicted molar refractivity (Wildman–Crippen MR) is 70.7 cm³/mol. The molecule has 7 nitrogen and oxygen atoms in total. The number of aromatic nitrogens is 2. The highest BCUT2D eigenvalue weighted by molar-refractivity contribution is 6.02. The molecule has 0 saturated carbocycles. The van der Waals surface area contributed by atoms with Gasteiger partial charge in [0.25, 0.3) is 5.91 Å². The number of aliphatic hydroxyl groups is 1. The second-order valence-corrected chi connectivity index (χ2v) is 4.58. The second-order valence-electron chi connectivity index (χ2n) is 4.58. The van der Waals surface area contributed by atoms with Gasteiger partial charge in [0.15, 0.2) is 23.4 Å². The van der Waals surface area contributed by atoms with E-state index >= 15 is 0 Å². The van der Waals surface area contributed by atoms with Gasteiger partial charge in [-0.05, 0) is 18.2 Å². The Morgan fingerprint density at radius 3 is 3.00 bits per heavy atom. The fourth-order valence-corrected chi connectivity index (χ4v) is 2.43. The SMILES string of the molecule is O=C1[C]=C(O)C(n2cccn2)N1c1ccc2c(c1)OCO2. The number of rotatable bonds is 2. The molecule has 2 aliphatic heterocycles. The molecule has 1 aromatic carbocycles. The van der Waals surface area contributed by atoms with Gasteiger partial charge in [-0.25, -0.2) is 4.68 Å². The number of hydrogen-bond acceptors (Lipinski definition) is 5. The highest BCUT2D eigenvalue weighted by atomic mass is 16.7. The zero-order valence-corrected chi connectivity index (χ0v) is 10.8. The lowest BCUT2D eigenvalue weighted by Crippen LogP contribution is -2.33. The van der Waals surface area contributed by atoms with Crippen LogP contribution in [-0.4, -0.2) is 27.6 Å². The summed E-state index contributed by atoms with van der Waals surface area (Å²) in [5, 5.41) is 14.1. The van der Waals surface area contributed by atoms with Crippen LogP contribution in [0.15, 0.2) is 42.4 Å². The first-order chi connectivity index (χ1) is 10.2. The Hall–Kier alpha value is -2.96. The monoisotopic (exact) mass is 284 g/mol. The minimum atomic E-state index is -0.743. The van der Waals surface area contributed by atoms with Crippen molar-refractivity contribution >= 4 is 11.6 Å². The van der Waals surface area contributed by atoms with Gasteiger partial charge in [0, 0.05) is 18.5 Å². The van der Waals surface area contributed by atoms with Crippen molar-refractivity contribution in [1.29, 1.82) is 0 Å². The molecule has 21 heavy (non-hydrogen) atoms. The molecule has 1 N–H and O–H groups in total.